The molecule has 0 spiro atoms. The lowest BCUT2D eigenvalue weighted by molar-refractivity contribution is -0.125. The molecule has 2 unspecified atom stereocenters. The van der Waals surface area contributed by atoms with Gasteiger partial charge < -0.3 is 10.6 Å². The van der Waals surface area contributed by atoms with Gasteiger partial charge in [-0.3, -0.25) is 4.79 Å². The van der Waals surface area contributed by atoms with Gasteiger partial charge in [0, 0.05) is 5.41 Å². The molecular formula is C11H11ClN4O. The Morgan fingerprint density at radius 1 is 1.24 bits per heavy atom. The molecule has 2 aliphatic heterocycles. The topological polar surface area (TPSA) is 88.7 Å². The van der Waals surface area contributed by atoms with E-state index in [1.807, 2.05) is 12.1 Å². The largest absolute Gasteiger partial charge is 0.352 e. The maximum atomic E-state index is 12.1. The monoisotopic (exact) mass is 250 g/mol. The average molecular weight is 251 g/mol. The molecule has 2 aliphatic rings. The van der Waals surface area contributed by atoms with Crippen molar-refractivity contribution >= 4 is 17.5 Å². The molecule has 0 aromatic rings. The summed E-state index contributed by atoms with van der Waals surface area (Å²) >= 11 is 5.97. The molecular weight excluding hydrogens is 240 g/mol. The number of hydrogen-bond donors (Lipinski definition) is 2. The van der Waals surface area contributed by atoms with Gasteiger partial charge in [0.05, 0.1) is 11.6 Å². The Hall–Kier alpha value is -1.72. The number of carbonyl (C=O) groups is 1. The van der Waals surface area contributed by atoms with Crippen LogP contribution < -0.4 is 10.6 Å². The van der Waals surface area contributed by atoms with Crippen LogP contribution in [0.5, 0.6) is 0 Å². The molecule has 1 fully saturated rings. The summed E-state index contributed by atoms with van der Waals surface area (Å²) in [5.74, 6) is -0.479. The third kappa shape index (κ3) is 0.963. The van der Waals surface area contributed by atoms with Gasteiger partial charge in [0.25, 0.3) is 0 Å². The first kappa shape index (κ1) is 11.8. The van der Waals surface area contributed by atoms with Gasteiger partial charge in [-0.2, -0.15) is 10.5 Å². The molecule has 5 nitrogen and oxygen atoms in total. The van der Waals surface area contributed by atoms with E-state index >= 15 is 0 Å². The van der Waals surface area contributed by atoms with Crippen LogP contribution in [0.15, 0.2) is 10.7 Å². The third-order valence-corrected chi connectivity index (χ3v) is 4.41. The van der Waals surface area contributed by atoms with E-state index in [0.717, 1.165) is 0 Å². The molecule has 1 saturated heterocycles. The molecule has 2 rings (SSSR count). The van der Waals surface area contributed by atoms with Gasteiger partial charge in [-0.1, -0.05) is 25.4 Å². The van der Waals surface area contributed by atoms with Crippen molar-refractivity contribution < 1.29 is 4.79 Å². The highest BCUT2D eigenvalue weighted by Gasteiger charge is 2.72. The van der Waals surface area contributed by atoms with Crippen molar-refractivity contribution in [2.24, 2.45) is 10.8 Å². The van der Waals surface area contributed by atoms with Crippen LogP contribution in [-0.2, 0) is 4.79 Å². The number of fused-ring (bicyclic) bond motifs is 2. The van der Waals surface area contributed by atoms with E-state index in [1.54, 1.807) is 20.8 Å². The number of amides is 1. The molecule has 6 heteroatoms. The Labute approximate surface area is 104 Å². The zero-order valence-corrected chi connectivity index (χ0v) is 10.4. The smallest absolute Gasteiger partial charge is 0.248 e. The van der Waals surface area contributed by atoms with E-state index in [1.165, 1.54) is 0 Å². The van der Waals surface area contributed by atoms with Gasteiger partial charge in [-0.05, 0) is 6.92 Å². The van der Waals surface area contributed by atoms with Crippen LogP contribution in [0, 0.1) is 33.5 Å². The quantitative estimate of drug-likeness (QED) is 0.627. The van der Waals surface area contributed by atoms with Gasteiger partial charge in [0.15, 0.2) is 5.41 Å². The molecule has 2 atom stereocenters. The average Bonchev–Trinajstić information content (AvgIpc) is 2.31. The standard InChI is InChI=1S/C11H11ClN4O/c1-9(2)10(3)15-7(12)6(4-13)11(9,5-14)8(17)16-10/h15H,1-3H3,(H,16,17). The van der Waals surface area contributed by atoms with Gasteiger partial charge in [-0.25, -0.2) is 0 Å². The molecule has 2 bridgehead atoms. The summed E-state index contributed by atoms with van der Waals surface area (Å²) in [6.07, 6.45) is 0. The van der Waals surface area contributed by atoms with E-state index in [-0.39, 0.29) is 10.7 Å². The number of nitriles is 2. The SMILES string of the molecule is CC12NC(=O)C(C#N)(C(C#N)=C(Cl)N1)C2(C)C. The molecule has 0 saturated carbocycles. The Bertz CT molecular complexity index is 539. The van der Waals surface area contributed by atoms with Gasteiger partial charge in [0.1, 0.15) is 16.9 Å². The maximum Gasteiger partial charge on any atom is 0.248 e. The molecule has 2 heterocycles. The van der Waals surface area contributed by atoms with Crippen molar-refractivity contribution in [1.29, 1.82) is 10.5 Å². The van der Waals surface area contributed by atoms with Crippen molar-refractivity contribution in [3.63, 3.8) is 0 Å². The second-order valence-corrected chi connectivity index (χ2v) is 5.37. The lowest BCUT2D eigenvalue weighted by Gasteiger charge is -2.46. The molecule has 0 aromatic carbocycles. The summed E-state index contributed by atoms with van der Waals surface area (Å²) in [6, 6.07) is 3.87. The van der Waals surface area contributed by atoms with Crippen molar-refractivity contribution in [2.45, 2.75) is 26.4 Å². The zero-order valence-electron chi connectivity index (χ0n) is 9.68. The summed E-state index contributed by atoms with van der Waals surface area (Å²) in [5.41, 5.74) is -3.16. The van der Waals surface area contributed by atoms with Crippen molar-refractivity contribution in [3.8, 4) is 12.1 Å². The molecule has 0 aliphatic carbocycles. The molecule has 17 heavy (non-hydrogen) atoms. The lowest BCUT2D eigenvalue weighted by atomic mass is 9.58. The van der Waals surface area contributed by atoms with Gasteiger partial charge in [-0.15, -0.1) is 0 Å². The predicted octanol–water partition coefficient (Wildman–Crippen LogP) is 0.946. The number of rotatable bonds is 0. The lowest BCUT2D eigenvalue weighted by Crippen LogP contribution is -2.62. The van der Waals surface area contributed by atoms with Crippen molar-refractivity contribution in [3.05, 3.63) is 10.7 Å². The fourth-order valence-corrected chi connectivity index (χ4v) is 2.95. The fourth-order valence-electron chi connectivity index (χ4n) is 2.58. The van der Waals surface area contributed by atoms with Crippen LogP contribution in [0.2, 0.25) is 0 Å². The number of carbonyl (C=O) groups excluding carboxylic acids is 1. The fraction of sp³-hybridized carbons (Fsp3) is 0.545. The first-order valence-corrected chi connectivity index (χ1v) is 5.47. The molecule has 1 amide bonds. The number of nitrogens with one attached hydrogen (secondary N) is 2. The second kappa shape index (κ2) is 2.94. The van der Waals surface area contributed by atoms with E-state index in [0.29, 0.717) is 0 Å². The summed E-state index contributed by atoms with van der Waals surface area (Å²) in [4.78, 5) is 12.1. The van der Waals surface area contributed by atoms with Crippen LogP contribution in [0.1, 0.15) is 20.8 Å². The Morgan fingerprint density at radius 3 is 2.29 bits per heavy atom. The summed E-state index contributed by atoms with van der Waals surface area (Å²) in [6.45, 7) is 5.28. The molecule has 0 radical (unpaired) electrons. The van der Waals surface area contributed by atoms with E-state index in [4.69, 9.17) is 16.9 Å². The summed E-state index contributed by atoms with van der Waals surface area (Å²) in [5, 5.41) is 24.3. The molecule has 88 valence electrons. The minimum atomic E-state index is -1.53. The number of hydrogen-bond acceptors (Lipinski definition) is 4. The summed E-state index contributed by atoms with van der Waals surface area (Å²) in [7, 11) is 0. The minimum absolute atomic E-state index is 0.0147. The molecule has 2 N–H and O–H groups in total. The Morgan fingerprint density at radius 2 is 1.82 bits per heavy atom. The van der Waals surface area contributed by atoms with Crippen LogP contribution in [0.4, 0.5) is 0 Å². The number of nitrogens with zero attached hydrogens (tertiary/aromatic N) is 2. The van der Waals surface area contributed by atoms with E-state index in [2.05, 4.69) is 10.6 Å². The minimum Gasteiger partial charge on any atom is -0.352 e. The Balaban J connectivity index is 2.87. The summed E-state index contributed by atoms with van der Waals surface area (Å²) < 4.78 is 0. The van der Waals surface area contributed by atoms with Gasteiger partial charge >= 0.3 is 0 Å². The van der Waals surface area contributed by atoms with Crippen LogP contribution in [0.3, 0.4) is 0 Å². The van der Waals surface area contributed by atoms with Crippen molar-refractivity contribution in [1.82, 2.24) is 10.6 Å². The normalized spacial score (nSPS) is 37.9. The zero-order chi connectivity index (χ0) is 13.1. The highest BCUT2D eigenvalue weighted by molar-refractivity contribution is 6.30. The maximum absolute atomic E-state index is 12.1. The van der Waals surface area contributed by atoms with Gasteiger partial charge in [0.2, 0.25) is 5.91 Å². The molecule has 0 aromatic heterocycles. The Kier molecular flexibility index (Phi) is 2.03. The highest BCUT2D eigenvalue weighted by Crippen LogP contribution is 2.58. The first-order chi connectivity index (χ1) is 7.77. The third-order valence-electron chi connectivity index (χ3n) is 4.13. The predicted molar refractivity (Wildman–Crippen MR) is 60.0 cm³/mol. The van der Waals surface area contributed by atoms with Crippen LogP contribution in [0.25, 0.3) is 0 Å². The first-order valence-electron chi connectivity index (χ1n) is 5.09. The van der Waals surface area contributed by atoms with E-state index < -0.39 is 22.4 Å². The highest BCUT2D eigenvalue weighted by atomic mass is 35.5. The van der Waals surface area contributed by atoms with E-state index in [9.17, 15) is 10.1 Å². The number of halogens is 1. The van der Waals surface area contributed by atoms with Crippen LogP contribution in [-0.4, -0.2) is 11.6 Å². The van der Waals surface area contributed by atoms with Crippen molar-refractivity contribution in [2.75, 3.05) is 0 Å². The second-order valence-electron chi connectivity index (χ2n) is 4.99. The van der Waals surface area contributed by atoms with Crippen LogP contribution >= 0.6 is 11.6 Å².